The van der Waals surface area contributed by atoms with Crippen LogP contribution in [0.15, 0.2) is 0 Å². The highest BCUT2D eigenvalue weighted by Crippen LogP contribution is 2.02. The maximum absolute atomic E-state index is 5.70. The van der Waals surface area contributed by atoms with Crippen molar-refractivity contribution in [1.29, 1.82) is 0 Å². The fraction of sp³-hybridized carbons (Fsp3) is 1.00. The van der Waals surface area contributed by atoms with Gasteiger partial charge in [-0.2, -0.15) is 0 Å². The first-order valence-corrected chi connectivity index (χ1v) is 3.57. The zero-order valence-electron chi connectivity index (χ0n) is 6.96. The van der Waals surface area contributed by atoms with Gasteiger partial charge in [0.15, 0.2) is 6.29 Å². The number of hydrogen-bond acceptors (Lipinski definition) is 3. The van der Waals surface area contributed by atoms with Crippen LogP contribution in [0, 0.1) is 0 Å². The van der Waals surface area contributed by atoms with Gasteiger partial charge in [-0.15, -0.1) is 0 Å². The van der Waals surface area contributed by atoms with Crippen LogP contribution in [-0.4, -0.2) is 26.6 Å². The summed E-state index contributed by atoms with van der Waals surface area (Å²) in [5.41, 5.74) is 5.70. The van der Waals surface area contributed by atoms with Gasteiger partial charge in [0.2, 0.25) is 0 Å². The van der Waals surface area contributed by atoms with Gasteiger partial charge in [0, 0.05) is 14.2 Å². The highest BCUT2D eigenvalue weighted by atomic mass is 16.7. The molecule has 1 atom stereocenters. The second-order valence-corrected chi connectivity index (χ2v) is 2.29. The topological polar surface area (TPSA) is 44.5 Å². The van der Waals surface area contributed by atoms with Crippen molar-refractivity contribution in [3.8, 4) is 0 Å². The van der Waals surface area contributed by atoms with Gasteiger partial charge in [0.05, 0.1) is 6.04 Å². The minimum atomic E-state index is -0.250. The summed E-state index contributed by atoms with van der Waals surface area (Å²) in [7, 11) is 3.20. The Kier molecular flexibility index (Phi) is 5.58. The summed E-state index contributed by atoms with van der Waals surface area (Å²) in [5.74, 6) is 0. The lowest BCUT2D eigenvalue weighted by molar-refractivity contribution is -0.117. The first-order valence-electron chi connectivity index (χ1n) is 3.57. The van der Waals surface area contributed by atoms with Gasteiger partial charge in [-0.1, -0.05) is 13.3 Å². The molecule has 0 heterocycles. The van der Waals surface area contributed by atoms with Crippen LogP contribution in [0.5, 0.6) is 0 Å². The predicted molar refractivity (Wildman–Crippen MR) is 40.7 cm³/mol. The van der Waals surface area contributed by atoms with Crippen molar-refractivity contribution in [1.82, 2.24) is 0 Å². The summed E-state index contributed by atoms with van der Waals surface area (Å²) >= 11 is 0. The highest BCUT2D eigenvalue weighted by molar-refractivity contribution is 4.63. The fourth-order valence-electron chi connectivity index (χ4n) is 0.915. The van der Waals surface area contributed by atoms with Gasteiger partial charge in [0.1, 0.15) is 0 Å². The third kappa shape index (κ3) is 3.15. The third-order valence-corrected chi connectivity index (χ3v) is 1.44. The lowest BCUT2D eigenvalue weighted by Gasteiger charge is -2.19. The van der Waals surface area contributed by atoms with Crippen molar-refractivity contribution < 1.29 is 9.47 Å². The van der Waals surface area contributed by atoms with Gasteiger partial charge in [0.25, 0.3) is 0 Å². The van der Waals surface area contributed by atoms with Crippen molar-refractivity contribution in [3.63, 3.8) is 0 Å². The van der Waals surface area contributed by atoms with Crippen LogP contribution >= 0.6 is 0 Å². The SMILES string of the molecule is CCCC(N)C(OC)OC. The molecule has 1 unspecified atom stereocenters. The molecule has 0 amide bonds. The Morgan fingerprint density at radius 3 is 2.10 bits per heavy atom. The summed E-state index contributed by atoms with van der Waals surface area (Å²) in [5, 5.41) is 0. The molecule has 0 aromatic heterocycles. The van der Waals surface area contributed by atoms with E-state index in [0.29, 0.717) is 0 Å². The van der Waals surface area contributed by atoms with E-state index in [1.165, 1.54) is 0 Å². The molecule has 0 saturated carbocycles. The van der Waals surface area contributed by atoms with Gasteiger partial charge < -0.3 is 15.2 Å². The maximum Gasteiger partial charge on any atom is 0.171 e. The second-order valence-electron chi connectivity index (χ2n) is 2.29. The summed E-state index contributed by atoms with van der Waals surface area (Å²) in [4.78, 5) is 0. The third-order valence-electron chi connectivity index (χ3n) is 1.44. The molecule has 2 N–H and O–H groups in total. The van der Waals surface area contributed by atoms with Crippen LogP contribution in [0.4, 0.5) is 0 Å². The van der Waals surface area contributed by atoms with Crippen LogP contribution in [-0.2, 0) is 9.47 Å². The Morgan fingerprint density at radius 2 is 1.80 bits per heavy atom. The molecule has 0 aliphatic rings. The minimum absolute atomic E-state index is 0.000000000000000222. The maximum atomic E-state index is 5.70. The molecule has 0 spiro atoms. The van der Waals surface area contributed by atoms with Crippen LogP contribution in [0.3, 0.4) is 0 Å². The van der Waals surface area contributed by atoms with E-state index in [2.05, 4.69) is 6.92 Å². The molecule has 3 nitrogen and oxygen atoms in total. The van der Waals surface area contributed by atoms with E-state index in [1.54, 1.807) is 14.2 Å². The average Bonchev–Trinajstić information content (AvgIpc) is 1.91. The molecule has 0 saturated heterocycles. The normalized spacial score (nSPS) is 14.1. The lowest BCUT2D eigenvalue weighted by Crippen LogP contribution is -2.37. The Morgan fingerprint density at radius 1 is 1.30 bits per heavy atom. The average molecular weight is 147 g/mol. The molecule has 0 aliphatic heterocycles. The number of rotatable bonds is 5. The zero-order valence-corrected chi connectivity index (χ0v) is 6.96. The first-order chi connectivity index (χ1) is 4.76. The molecule has 0 rings (SSSR count). The molecule has 0 radical (unpaired) electrons. The highest BCUT2D eigenvalue weighted by Gasteiger charge is 2.14. The second kappa shape index (κ2) is 5.65. The Balaban J connectivity index is 3.53. The largest absolute Gasteiger partial charge is 0.354 e. The number of nitrogens with two attached hydrogens (primary N) is 1. The summed E-state index contributed by atoms with van der Waals surface area (Å²) in [6.07, 6.45) is 1.75. The number of methoxy groups -OCH3 is 2. The van der Waals surface area contributed by atoms with Gasteiger partial charge in [-0.05, 0) is 6.42 Å². The number of hydrogen-bond donors (Lipinski definition) is 1. The molecular formula is C7H17NO2. The van der Waals surface area contributed by atoms with Crippen LogP contribution in [0.25, 0.3) is 0 Å². The van der Waals surface area contributed by atoms with Crippen molar-refractivity contribution in [2.45, 2.75) is 32.1 Å². The monoisotopic (exact) mass is 147 g/mol. The molecule has 0 aromatic rings. The van der Waals surface area contributed by atoms with E-state index >= 15 is 0 Å². The summed E-state index contributed by atoms with van der Waals surface area (Å²) in [6, 6.07) is -0.000000000000000222. The van der Waals surface area contributed by atoms with Crippen LogP contribution < -0.4 is 5.73 Å². The van der Waals surface area contributed by atoms with Crippen molar-refractivity contribution in [3.05, 3.63) is 0 Å². The molecule has 0 aromatic carbocycles. The first kappa shape index (κ1) is 9.88. The van der Waals surface area contributed by atoms with E-state index in [-0.39, 0.29) is 12.3 Å². The molecule has 62 valence electrons. The van der Waals surface area contributed by atoms with E-state index in [1.807, 2.05) is 0 Å². The van der Waals surface area contributed by atoms with Crippen molar-refractivity contribution in [2.75, 3.05) is 14.2 Å². The van der Waals surface area contributed by atoms with Gasteiger partial charge >= 0.3 is 0 Å². The van der Waals surface area contributed by atoms with E-state index in [9.17, 15) is 0 Å². The summed E-state index contributed by atoms with van der Waals surface area (Å²) in [6.45, 7) is 2.09. The molecule has 3 heteroatoms. The van der Waals surface area contributed by atoms with Crippen LogP contribution in [0.1, 0.15) is 19.8 Å². The van der Waals surface area contributed by atoms with Gasteiger partial charge in [-0.3, -0.25) is 0 Å². The Hall–Kier alpha value is -0.120. The van der Waals surface area contributed by atoms with Crippen LogP contribution in [0.2, 0.25) is 0 Å². The lowest BCUT2D eigenvalue weighted by atomic mass is 10.2. The Labute approximate surface area is 62.5 Å². The van der Waals surface area contributed by atoms with Crippen molar-refractivity contribution >= 4 is 0 Å². The molecule has 0 fully saturated rings. The van der Waals surface area contributed by atoms with E-state index in [4.69, 9.17) is 15.2 Å². The molecule has 0 bridgehead atoms. The fourth-order valence-corrected chi connectivity index (χ4v) is 0.915. The molecule has 10 heavy (non-hydrogen) atoms. The van der Waals surface area contributed by atoms with Gasteiger partial charge in [-0.25, -0.2) is 0 Å². The van der Waals surface area contributed by atoms with Crippen molar-refractivity contribution in [2.24, 2.45) is 5.73 Å². The quantitative estimate of drug-likeness (QED) is 0.583. The standard InChI is InChI=1S/C7H17NO2/c1-4-5-6(8)7(9-2)10-3/h6-7H,4-5,8H2,1-3H3. The predicted octanol–water partition coefficient (Wildman–Crippen LogP) is 0.733. The molecule has 0 aliphatic carbocycles. The molecular weight excluding hydrogens is 130 g/mol. The Bertz CT molecular complexity index is 74.0. The smallest absolute Gasteiger partial charge is 0.171 e. The van der Waals surface area contributed by atoms with E-state index in [0.717, 1.165) is 12.8 Å². The zero-order chi connectivity index (χ0) is 7.98. The number of ether oxygens (including phenoxy) is 2. The summed E-state index contributed by atoms with van der Waals surface area (Å²) < 4.78 is 9.93. The minimum Gasteiger partial charge on any atom is -0.354 e. The van der Waals surface area contributed by atoms with E-state index < -0.39 is 0 Å².